The van der Waals surface area contributed by atoms with Gasteiger partial charge in [-0.2, -0.15) is 18.4 Å². The summed E-state index contributed by atoms with van der Waals surface area (Å²) in [5.74, 6) is -0.748. The summed E-state index contributed by atoms with van der Waals surface area (Å²) in [6, 6.07) is 24.9. The molecule has 0 saturated carbocycles. The van der Waals surface area contributed by atoms with Crippen molar-refractivity contribution in [2.45, 2.75) is 97.3 Å². The molecule has 20 heteroatoms. The summed E-state index contributed by atoms with van der Waals surface area (Å²) in [4.78, 5) is 63.6. The number of thiocarbonyl (C=S) groups is 1. The van der Waals surface area contributed by atoms with Crippen molar-refractivity contribution in [3.63, 3.8) is 0 Å². The fourth-order valence-corrected chi connectivity index (χ4v) is 10.1. The molecule has 2 fully saturated rings. The average Bonchev–Trinajstić information content (AvgIpc) is 4.02. The third-order valence-corrected chi connectivity index (χ3v) is 14.0. The zero-order valence-electron chi connectivity index (χ0n) is 41.8. The van der Waals surface area contributed by atoms with Crippen molar-refractivity contribution >= 4 is 63.7 Å². The van der Waals surface area contributed by atoms with Crippen LogP contribution in [0.15, 0.2) is 96.5 Å². The van der Waals surface area contributed by atoms with E-state index in [2.05, 4.69) is 15.6 Å². The highest BCUT2D eigenvalue weighted by Gasteiger charge is 2.51. The molecule has 15 nitrogen and oxygen atoms in total. The van der Waals surface area contributed by atoms with Gasteiger partial charge in [0.25, 0.3) is 5.91 Å². The standard InChI is InChI=1S/C54H58F3N7O8S2/c1-33-46(74-32-60-33)36-14-12-35(13-15-36)29-59-48(67)44-27-40(65)30-62(44)49(68)47(52(2,3)4)61-45(66)31-70-23-24-72-42-11-7-9-34(25-42)10-8-22-71-41-20-18-38(19-21-41)64-51(73)63(50(69)53(64,5)6)39-17-16-37(28-58)43(26-39)54(55,56)57/h7,9,11-21,25-26,32,40,44,47,65H,8,10,22-24,27,29-31H2,1-6H3,(H,59,67)(H,61,66)/t40-,44?,47?/m1/s1. The van der Waals surface area contributed by atoms with Crippen molar-refractivity contribution in [1.29, 1.82) is 5.26 Å². The van der Waals surface area contributed by atoms with Gasteiger partial charge in [0.05, 0.1) is 58.3 Å². The number of ether oxygens (including phenoxy) is 3. The number of aliphatic hydroxyl groups is 1. The van der Waals surface area contributed by atoms with Gasteiger partial charge in [0, 0.05) is 25.2 Å². The topological polar surface area (TPSA) is 187 Å². The normalized spacial score (nSPS) is 17.0. The van der Waals surface area contributed by atoms with Gasteiger partial charge in [0.1, 0.15) is 42.3 Å². The number of carbonyl (C=O) groups excluding carboxylic acids is 4. The van der Waals surface area contributed by atoms with Crippen LogP contribution in [-0.2, 0) is 43.1 Å². The molecule has 3 atom stereocenters. The van der Waals surface area contributed by atoms with Gasteiger partial charge in [-0.1, -0.05) is 57.2 Å². The predicted octanol–water partition coefficient (Wildman–Crippen LogP) is 8.14. The number of aliphatic hydroxyl groups excluding tert-OH is 1. The molecule has 4 amide bonds. The van der Waals surface area contributed by atoms with Crippen LogP contribution in [0.5, 0.6) is 11.5 Å². The van der Waals surface area contributed by atoms with Gasteiger partial charge < -0.3 is 39.8 Å². The maximum atomic E-state index is 14.0. The number of thiazole rings is 1. The highest BCUT2D eigenvalue weighted by molar-refractivity contribution is 7.81. The lowest BCUT2D eigenvalue weighted by atomic mass is 9.85. The molecule has 2 unspecified atom stereocenters. The Labute approximate surface area is 437 Å². The molecular weight excluding hydrogens is 996 g/mol. The van der Waals surface area contributed by atoms with Crippen molar-refractivity contribution in [2.24, 2.45) is 5.41 Å². The third kappa shape index (κ3) is 12.9. The minimum Gasteiger partial charge on any atom is -0.494 e. The number of nitriles is 1. The van der Waals surface area contributed by atoms with E-state index in [0.717, 1.165) is 44.3 Å². The molecule has 0 bridgehead atoms. The molecule has 74 heavy (non-hydrogen) atoms. The van der Waals surface area contributed by atoms with Crippen LogP contribution in [0.1, 0.15) is 75.4 Å². The maximum Gasteiger partial charge on any atom is 0.417 e. The van der Waals surface area contributed by atoms with Crippen LogP contribution in [0, 0.1) is 23.7 Å². The number of halogens is 3. The van der Waals surface area contributed by atoms with E-state index in [1.165, 1.54) is 11.0 Å². The van der Waals surface area contributed by atoms with Crippen LogP contribution < -0.4 is 29.9 Å². The molecule has 5 aromatic rings. The van der Waals surface area contributed by atoms with Gasteiger partial charge in [0.15, 0.2) is 5.11 Å². The number of alkyl halides is 3. The average molecular weight is 1050 g/mol. The lowest BCUT2D eigenvalue weighted by Crippen LogP contribution is -2.58. The number of hydrogen-bond acceptors (Lipinski definition) is 12. The minimum absolute atomic E-state index is 0.00957. The van der Waals surface area contributed by atoms with Crippen molar-refractivity contribution in [1.82, 2.24) is 20.5 Å². The largest absolute Gasteiger partial charge is 0.494 e. The molecule has 390 valence electrons. The molecule has 1 aromatic heterocycles. The molecule has 2 aliphatic rings. The van der Waals surface area contributed by atoms with E-state index in [4.69, 9.17) is 26.4 Å². The Kier molecular flexibility index (Phi) is 17.1. The second-order valence-corrected chi connectivity index (χ2v) is 20.8. The van der Waals surface area contributed by atoms with E-state index >= 15 is 0 Å². The number of carbonyl (C=O) groups is 4. The first kappa shape index (κ1) is 54.8. The number of nitrogens with zero attached hydrogens (tertiary/aromatic N) is 5. The molecule has 0 aliphatic carbocycles. The van der Waals surface area contributed by atoms with Crippen LogP contribution >= 0.6 is 23.6 Å². The van der Waals surface area contributed by atoms with E-state index in [9.17, 15) is 42.7 Å². The number of β-amino-alcohol motifs (C(OH)–C–C–N with tert-alkyl or cyclic N) is 1. The lowest BCUT2D eigenvalue weighted by Gasteiger charge is -2.35. The Bertz CT molecular complexity index is 2900. The number of rotatable bonds is 19. The van der Waals surface area contributed by atoms with Gasteiger partial charge in [-0.25, -0.2) is 4.98 Å². The second kappa shape index (κ2) is 23.1. The zero-order valence-corrected chi connectivity index (χ0v) is 43.5. The second-order valence-electron chi connectivity index (χ2n) is 19.6. The maximum absolute atomic E-state index is 14.0. The Balaban J connectivity index is 0.828. The Morgan fingerprint density at radius 2 is 1.65 bits per heavy atom. The van der Waals surface area contributed by atoms with Crippen molar-refractivity contribution < 1.29 is 51.7 Å². The fourth-order valence-electron chi connectivity index (χ4n) is 8.77. The summed E-state index contributed by atoms with van der Waals surface area (Å²) in [5, 5.41) is 25.5. The lowest BCUT2D eigenvalue weighted by molar-refractivity contribution is -0.144. The molecule has 2 saturated heterocycles. The monoisotopic (exact) mass is 1050 g/mol. The summed E-state index contributed by atoms with van der Waals surface area (Å²) in [6.07, 6.45) is -4.31. The molecule has 0 spiro atoms. The number of aryl methyl sites for hydroxylation is 2. The number of aromatic nitrogens is 1. The molecule has 3 heterocycles. The summed E-state index contributed by atoms with van der Waals surface area (Å²) >= 11 is 7.20. The van der Waals surface area contributed by atoms with E-state index in [0.29, 0.717) is 36.6 Å². The number of amides is 4. The number of nitrogens with one attached hydrogen (secondary N) is 2. The highest BCUT2D eigenvalue weighted by atomic mass is 32.1. The number of hydrogen-bond donors (Lipinski definition) is 3. The van der Waals surface area contributed by atoms with Crippen LogP contribution in [0.3, 0.4) is 0 Å². The van der Waals surface area contributed by atoms with Crippen LogP contribution in [0.2, 0.25) is 0 Å². The Hall–Kier alpha value is -6.92. The summed E-state index contributed by atoms with van der Waals surface area (Å²) in [5.41, 5.74) is 2.41. The molecule has 0 radical (unpaired) electrons. The zero-order chi connectivity index (χ0) is 53.5. The molecule has 2 aliphatic heterocycles. The first-order valence-electron chi connectivity index (χ1n) is 23.9. The van der Waals surface area contributed by atoms with Gasteiger partial charge in [-0.15, -0.1) is 11.3 Å². The third-order valence-electron chi connectivity index (χ3n) is 12.7. The summed E-state index contributed by atoms with van der Waals surface area (Å²) in [6.45, 7) is 11.1. The van der Waals surface area contributed by atoms with Crippen LogP contribution in [-0.4, -0.2) is 100 Å². The SMILES string of the molecule is Cc1ncsc1-c1ccc(CNC(=O)C2C[C@@H](O)CN2C(=O)C(NC(=O)COCCOc2cccc(CCCOc3ccc(N4C(=S)N(c5ccc(C#N)c(C(F)(F)F)c5)C(=O)C4(C)C)cc3)c2)C(C)(C)C)cc1. The molecular formula is C54H58F3N7O8S2. The van der Waals surface area contributed by atoms with Crippen molar-refractivity contribution in [2.75, 3.05) is 42.8 Å². The summed E-state index contributed by atoms with van der Waals surface area (Å²) in [7, 11) is 0. The Morgan fingerprint density at radius 1 is 0.946 bits per heavy atom. The minimum atomic E-state index is -4.81. The molecule has 3 N–H and O–H groups in total. The highest BCUT2D eigenvalue weighted by Crippen LogP contribution is 2.40. The predicted molar refractivity (Wildman–Crippen MR) is 277 cm³/mol. The molecule has 4 aromatic carbocycles. The van der Waals surface area contributed by atoms with E-state index < -0.39 is 70.1 Å². The van der Waals surface area contributed by atoms with E-state index in [1.54, 1.807) is 65.9 Å². The number of benzene rings is 4. The molecule has 7 rings (SSSR count). The van der Waals surface area contributed by atoms with Crippen LogP contribution in [0.25, 0.3) is 10.4 Å². The van der Waals surface area contributed by atoms with Crippen LogP contribution in [0.4, 0.5) is 24.5 Å². The van der Waals surface area contributed by atoms with Gasteiger partial charge >= 0.3 is 6.18 Å². The van der Waals surface area contributed by atoms with Gasteiger partial charge in [0.2, 0.25) is 17.7 Å². The fraction of sp³-hybridized carbons (Fsp3) is 0.389. The number of anilines is 2. The number of likely N-dealkylation sites (tertiary alicyclic amines) is 1. The summed E-state index contributed by atoms with van der Waals surface area (Å²) < 4.78 is 58.8. The first-order valence-corrected chi connectivity index (χ1v) is 25.2. The smallest absolute Gasteiger partial charge is 0.417 e. The van der Waals surface area contributed by atoms with E-state index in [-0.39, 0.29) is 50.1 Å². The Morgan fingerprint density at radius 3 is 2.31 bits per heavy atom. The van der Waals surface area contributed by atoms with Crippen molar-refractivity contribution in [3.8, 4) is 28.0 Å². The van der Waals surface area contributed by atoms with Crippen molar-refractivity contribution in [3.05, 3.63) is 124 Å². The quantitative estimate of drug-likeness (QED) is 0.0533. The van der Waals surface area contributed by atoms with Gasteiger partial charge in [-0.05, 0) is 123 Å². The van der Waals surface area contributed by atoms with Gasteiger partial charge in [-0.3, -0.25) is 24.1 Å². The van der Waals surface area contributed by atoms with E-state index in [1.807, 2.05) is 76.2 Å². The first-order chi connectivity index (χ1) is 35.1.